The number of nitrogens with two attached hydrogens (primary N) is 1. The van der Waals surface area contributed by atoms with Crippen LogP contribution in [0.2, 0.25) is 0 Å². The van der Waals surface area contributed by atoms with Gasteiger partial charge in [-0.25, -0.2) is 9.97 Å². The number of halogens is 1. The Hall–Kier alpha value is -0.830. The van der Waals surface area contributed by atoms with Crippen molar-refractivity contribution in [2.75, 3.05) is 5.73 Å². The second-order valence-corrected chi connectivity index (χ2v) is 2.24. The van der Waals surface area contributed by atoms with Gasteiger partial charge in [0.2, 0.25) is 5.95 Å². The molecule has 0 bridgehead atoms. The van der Waals surface area contributed by atoms with Crippen LogP contribution in [0, 0.1) is 6.92 Å². The Morgan fingerprint density at radius 3 is 2.90 bits per heavy atom. The number of alkyl halides is 1. The SMILES string of the molecule is Cc1nc(N)ncc1CCl. The molecule has 4 heteroatoms. The van der Waals surface area contributed by atoms with Crippen molar-refractivity contribution >= 4 is 17.5 Å². The molecule has 0 aromatic carbocycles. The molecule has 3 nitrogen and oxygen atoms in total. The summed E-state index contributed by atoms with van der Waals surface area (Å²) < 4.78 is 0. The minimum absolute atomic E-state index is 0.298. The van der Waals surface area contributed by atoms with Gasteiger partial charge in [-0.1, -0.05) is 0 Å². The summed E-state index contributed by atoms with van der Waals surface area (Å²) in [6.45, 7) is 1.86. The Balaban J connectivity index is 3.07. The predicted octanol–water partition coefficient (Wildman–Crippen LogP) is 1.11. The average Bonchev–Trinajstić information content (AvgIpc) is 1.88. The third-order valence-corrected chi connectivity index (χ3v) is 1.53. The summed E-state index contributed by atoms with van der Waals surface area (Å²) in [5, 5.41) is 0. The maximum Gasteiger partial charge on any atom is 0.220 e. The number of anilines is 1. The lowest BCUT2D eigenvalue weighted by Crippen LogP contribution is -1.98. The molecule has 0 amide bonds. The molecule has 10 heavy (non-hydrogen) atoms. The summed E-state index contributed by atoms with van der Waals surface area (Å²) in [5.41, 5.74) is 7.09. The third-order valence-electron chi connectivity index (χ3n) is 1.24. The van der Waals surface area contributed by atoms with Crippen molar-refractivity contribution in [3.05, 3.63) is 17.5 Å². The summed E-state index contributed by atoms with van der Waals surface area (Å²) in [5.74, 6) is 0.734. The summed E-state index contributed by atoms with van der Waals surface area (Å²) >= 11 is 5.56. The van der Waals surface area contributed by atoms with Crippen molar-refractivity contribution in [2.45, 2.75) is 12.8 Å². The van der Waals surface area contributed by atoms with Crippen LogP contribution in [0.15, 0.2) is 6.20 Å². The first-order chi connectivity index (χ1) is 4.74. The van der Waals surface area contributed by atoms with E-state index in [2.05, 4.69) is 9.97 Å². The summed E-state index contributed by atoms with van der Waals surface area (Å²) in [6, 6.07) is 0. The van der Waals surface area contributed by atoms with Gasteiger partial charge in [0.05, 0.1) is 5.88 Å². The van der Waals surface area contributed by atoms with Crippen LogP contribution in [0.25, 0.3) is 0 Å². The topological polar surface area (TPSA) is 51.8 Å². The van der Waals surface area contributed by atoms with Crippen LogP contribution in [0.3, 0.4) is 0 Å². The van der Waals surface area contributed by atoms with Crippen molar-refractivity contribution in [1.82, 2.24) is 9.97 Å². The minimum atomic E-state index is 0.298. The zero-order chi connectivity index (χ0) is 7.56. The van der Waals surface area contributed by atoms with E-state index in [-0.39, 0.29) is 0 Å². The standard InChI is InChI=1S/C6H8ClN3/c1-4-5(2-7)3-9-6(8)10-4/h3H,2H2,1H3,(H2,8,9,10). The van der Waals surface area contributed by atoms with E-state index in [9.17, 15) is 0 Å². The van der Waals surface area contributed by atoms with E-state index in [1.807, 2.05) is 6.92 Å². The van der Waals surface area contributed by atoms with Crippen molar-refractivity contribution < 1.29 is 0 Å². The highest BCUT2D eigenvalue weighted by Gasteiger charge is 1.97. The molecule has 0 atom stereocenters. The Bertz CT molecular complexity index is 236. The van der Waals surface area contributed by atoms with Gasteiger partial charge in [0.15, 0.2) is 0 Å². The molecule has 1 aromatic heterocycles. The second kappa shape index (κ2) is 2.84. The van der Waals surface area contributed by atoms with Gasteiger partial charge in [-0.15, -0.1) is 11.6 Å². The van der Waals surface area contributed by atoms with Gasteiger partial charge in [0.25, 0.3) is 0 Å². The number of aryl methyl sites for hydroxylation is 1. The van der Waals surface area contributed by atoms with E-state index in [1.165, 1.54) is 0 Å². The molecule has 0 unspecified atom stereocenters. The number of aromatic nitrogens is 2. The fraction of sp³-hybridized carbons (Fsp3) is 0.333. The van der Waals surface area contributed by atoms with Gasteiger partial charge in [-0.2, -0.15) is 0 Å². The third kappa shape index (κ3) is 1.36. The van der Waals surface area contributed by atoms with Gasteiger partial charge >= 0.3 is 0 Å². The fourth-order valence-corrected chi connectivity index (χ4v) is 0.904. The lowest BCUT2D eigenvalue weighted by molar-refractivity contribution is 1.07. The van der Waals surface area contributed by atoms with Gasteiger partial charge < -0.3 is 5.73 Å². The normalized spacial score (nSPS) is 9.80. The molecule has 2 N–H and O–H groups in total. The molecular weight excluding hydrogens is 150 g/mol. The Morgan fingerprint density at radius 2 is 2.40 bits per heavy atom. The number of hydrogen-bond donors (Lipinski definition) is 1. The molecular formula is C6H8ClN3. The first-order valence-corrected chi connectivity index (χ1v) is 3.41. The van der Waals surface area contributed by atoms with Gasteiger partial charge in [-0.3, -0.25) is 0 Å². The number of nitrogens with zero attached hydrogens (tertiary/aromatic N) is 2. The van der Waals surface area contributed by atoms with E-state index in [4.69, 9.17) is 17.3 Å². The Labute approximate surface area is 64.2 Å². The quantitative estimate of drug-likeness (QED) is 0.622. The lowest BCUT2D eigenvalue weighted by Gasteiger charge is -1.98. The highest BCUT2D eigenvalue weighted by Crippen LogP contribution is 2.06. The van der Waals surface area contributed by atoms with E-state index in [1.54, 1.807) is 6.20 Å². The Kier molecular flexibility index (Phi) is 2.06. The van der Waals surface area contributed by atoms with Gasteiger partial charge in [0.1, 0.15) is 0 Å². The maximum absolute atomic E-state index is 5.56. The molecule has 1 heterocycles. The lowest BCUT2D eigenvalue weighted by atomic mass is 10.3. The molecule has 0 aliphatic heterocycles. The minimum Gasteiger partial charge on any atom is -0.368 e. The Morgan fingerprint density at radius 1 is 1.70 bits per heavy atom. The van der Waals surface area contributed by atoms with E-state index < -0.39 is 0 Å². The van der Waals surface area contributed by atoms with Crippen LogP contribution in [-0.2, 0) is 5.88 Å². The average molecular weight is 158 g/mol. The highest BCUT2D eigenvalue weighted by molar-refractivity contribution is 6.17. The monoisotopic (exact) mass is 157 g/mol. The van der Waals surface area contributed by atoms with Crippen LogP contribution in [-0.4, -0.2) is 9.97 Å². The zero-order valence-electron chi connectivity index (χ0n) is 5.63. The van der Waals surface area contributed by atoms with Crippen molar-refractivity contribution in [3.8, 4) is 0 Å². The number of rotatable bonds is 1. The molecule has 0 aliphatic rings. The smallest absolute Gasteiger partial charge is 0.220 e. The summed E-state index contributed by atoms with van der Waals surface area (Å²) in [7, 11) is 0. The summed E-state index contributed by atoms with van der Waals surface area (Å²) in [6.07, 6.45) is 1.64. The molecule has 0 saturated heterocycles. The second-order valence-electron chi connectivity index (χ2n) is 1.97. The van der Waals surface area contributed by atoms with E-state index in [0.29, 0.717) is 11.8 Å². The molecule has 1 rings (SSSR count). The van der Waals surface area contributed by atoms with Gasteiger partial charge in [-0.05, 0) is 6.92 Å². The van der Waals surface area contributed by atoms with Crippen molar-refractivity contribution in [1.29, 1.82) is 0 Å². The van der Waals surface area contributed by atoms with E-state index >= 15 is 0 Å². The van der Waals surface area contributed by atoms with Gasteiger partial charge in [0, 0.05) is 17.5 Å². The van der Waals surface area contributed by atoms with Crippen LogP contribution >= 0.6 is 11.6 Å². The fourth-order valence-electron chi connectivity index (χ4n) is 0.641. The number of hydrogen-bond acceptors (Lipinski definition) is 3. The van der Waals surface area contributed by atoms with Crippen molar-refractivity contribution in [3.63, 3.8) is 0 Å². The predicted molar refractivity (Wildman–Crippen MR) is 40.7 cm³/mol. The molecule has 0 radical (unpaired) electrons. The largest absolute Gasteiger partial charge is 0.368 e. The van der Waals surface area contributed by atoms with Crippen LogP contribution in [0.5, 0.6) is 0 Å². The number of nitrogen functional groups attached to an aromatic ring is 1. The molecule has 0 fully saturated rings. The van der Waals surface area contributed by atoms with Crippen LogP contribution in [0.1, 0.15) is 11.3 Å². The molecule has 0 spiro atoms. The first kappa shape index (κ1) is 7.28. The molecule has 54 valence electrons. The molecule has 1 aromatic rings. The molecule has 0 saturated carbocycles. The zero-order valence-corrected chi connectivity index (χ0v) is 6.39. The molecule has 0 aliphatic carbocycles. The van der Waals surface area contributed by atoms with Crippen LogP contribution in [0.4, 0.5) is 5.95 Å². The summed E-state index contributed by atoms with van der Waals surface area (Å²) in [4.78, 5) is 7.72. The first-order valence-electron chi connectivity index (χ1n) is 2.88. The maximum atomic E-state index is 5.56. The van der Waals surface area contributed by atoms with Crippen LogP contribution < -0.4 is 5.73 Å². The highest BCUT2D eigenvalue weighted by atomic mass is 35.5. The van der Waals surface area contributed by atoms with E-state index in [0.717, 1.165) is 11.3 Å². The van der Waals surface area contributed by atoms with Crippen molar-refractivity contribution in [2.24, 2.45) is 0 Å².